The minimum Gasteiger partial charge on any atom is -0.356 e. The minimum atomic E-state index is -0.115. The molecule has 2 aliphatic rings. The van der Waals surface area contributed by atoms with E-state index in [1.807, 2.05) is 6.07 Å². The van der Waals surface area contributed by atoms with Gasteiger partial charge in [-0.3, -0.25) is 9.36 Å². The Bertz CT molecular complexity index is 730. The van der Waals surface area contributed by atoms with Crippen molar-refractivity contribution in [1.82, 2.24) is 24.8 Å². The number of carbonyl (C=O) groups excluding carboxylic acids is 1. The molecule has 0 aromatic carbocycles. The molecule has 0 atom stereocenters. The van der Waals surface area contributed by atoms with E-state index in [1.54, 1.807) is 23.4 Å². The summed E-state index contributed by atoms with van der Waals surface area (Å²) in [6.07, 6.45) is 9.44. The normalized spacial score (nSPS) is 18.6. The Labute approximate surface area is 141 Å². The van der Waals surface area contributed by atoms with Gasteiger partial charge in [0.2, 0.25) is 0 Å². The highest BCUT2D eigenvalue weighted by atomic mass is 16.2. The molecule has 0 bridgehead atoms. The Morgan fingerprint density at radius 1 is 1.12 bits per heavy atom. The van der Waals surface area contributed by atoms with E-state index in [1.165, 1.54) is 12.8 Å². The average Bonchev–Trinajstić information content (AvgIpc) is 3.27. The van der Waals surface area contributed by atoms with Crippen molar-refractivity contribution in [1.29, 1.82) is 0 Å². The predicted octanol–water partition coefficient (Wildman–Crippen LogP) is 1.79. The number of hydrogen-bond acceptors (Lipinski definition) is 5. The molecule has 0 spiro atoms. The maximum Gasteiger partial charge on any atom is 0.271 e. The summed E-state index contributed by atoms with van der Waals surface area (Å²) < 4.78 is 1.78. The monoisotopic (exact) mass is 326 g/mol. The second kappa shape index (κ2) is 6.22. The molecule has 0 radical (unpaired) electrons. The molecular formula is C17H22N6O. The van der Waals surface area contributed by atoms with Crippen LogP contribution in [-0.2, 0) is 0 Å². The first-order valence-electron chi connectivity index (χ1n) is 8.61. The number of anilines is 1. The van der Waals surface area contributed by atoms with E-state index in [0.29, 0.717) is 11.7 Å². The number of nitrogens with zero attached hydrogens (tertiary/aromatic N) is 5. The van der Waals surface area contributed by atoms with E-state index < -0.39 is 0 Å². The van der Waals surface area contributed by atoms with Crippen LogP contribution >= 0.6 is 0 Å². The molecule has 2 aromatic rings. The van der Waals surface area contributed by atoms with Crippen LogP contribution in [0, 0.1) is 5.92 Å². The van der Waals surface area contributed by atoms with Crippen molar-refractivity contribution in [2.24, 2.45) is 5.92 Å². The van der Waals surface area contributed by atoms with Crippen molar-refractivity contribution in [3.63, 3.8) is 0 Å². The Morgan fingerprint density at radius 3 is 2.62 bits per heavy atom. The highest BCUT2D eigenvalue weighted by molar-refractivity contribution is 5.92. The maximum absolute atomic E-state index is 12.1. The summed E-state index contributed by atoms with van der Waals surface area (Å²) in [4.78, 5) is 27.3. The number of carbonyl (C=O) groups is 1. The Morgan fingerprint density at radius 2 is 1.88 bits per heavy atom. The largest absolute Gasteiger partial charge is 0.356 e. The molecule has 2 fully saturated rings. The zero-order valence-corrected chi connectivity index (χ0v) is 13.9. The highest BCUT2D eigenvalue weighted by Crippen LogP contribution is 2.22. The van der Waals surface area contributed by atoms with Crippen molar-refractivity contribution in [2.45, 2.75) is 38.6 Å². The summed E-state index contributed by atoms with van der Waals surface area (Å²) in [5.41, 5.74) is 0.425. The molecular weight excluding hydrogens is 304 g/mol. The van der Waals surface area contributed by atoms with E-state index in [-0.39, 0.29) is 5.91 Å². The summed E-state index contributed by atoms with van der Waals surface area (Å²) in [5.74, 6) is 2.33. The average molecular weight is 326 g/mol. The van der Waals surface area contributed by atoms with Gasteiger partial charge in [0.1, 0.15) is 30.0 Å². The van der Waals surface area contributed by atoms with E-state index in [2.05, 4.69) is 32.1 Å². The second-order valence-electron chi connectivity index (χ2n) is 6.82. The van der Waals surface area contributed by atoms with E-state index in [4.69, 9.17) is 0 Å². The molecule has 1 aliphatic carbocycles. The first-order valence-corrected chi connectivity index (χ1v) is 8.61. The summed E-state index contributed by atoms with van der Waals surface area (Å²) >= 11 is 0. The molecule has 1 saturated heterocycles. The number of aromatic nitrogens is 4. The third-order valence-corrected chi connectivity index (χ3v) is 4.74. The van der Waals surface area contributed by atoms with Crippen LogP contribution in [0.3, 0.4) is 0 Å². The molecule has 24 heavy (non-hydrogen) atoms. The third kappa shape index (κ3) is 3.25. The van der Waals surface area contributed by atoms with Crippen LogP contribution in [0.2, 0.25) is 0 Å². The van der Waals surface area contributed by atoms with Gasteiger partial charge in [-0.15, -0.1) is 0 Å². The standard InChI is InChI=1S/C17H22N6O/c1-12-4-6-22(7-5-12)15-8-16(19-10-18-15)23-9-14(20-11-23)17(24)21-13-2-3-13/h8-13H,2-7H2,1H3,(H,21,24). The van der Waals surface area contributed by atoms with Gasteiger partial charge < -0.3 is 10.2 Å². The lowest BCUT2D eigenvalue weighted by Crippen LogP contribution is -2.33. The number of rotatable bonds is 4. The van der Waals surface area contributed by atoms with Gasteiger partial charge in [-0.1, -0.05) is 6.92 Å². The molecule has 3 heterocycles. The summed E-state index contributed by atoms with van der Waals surface area (Å²) in [7, 11) is 0. The molecule has 7 heteroatoms. The lowest BCUT2D eigenvalue weighted by atomic mass is 9.99. The lowest BCUT2D eigenvalue weighted by molar-refractivity contribution is 0.0946. The molecule has 1 amide bonds. The molecule has 1 aliphatic heterocycles. The van der Waals surface area contributed by atoms with Crippen molar-refractivity contribution in [3.8, 4) is 5.82 Å². The second-order valence-corrected chi connectivity index (χ2v) is 6.82. The summed E-state index contributed by atoms with van der Waals surface area (Å²) in [5, 5.41) is 2.95. The Hall–Kier alpha value is -2.44. The topological polar surface area (TPSA) is 75.9 Å². The van der Waals surface area contributed by atoms with Crippen LogP contribution in [0.1, 0.15) is 43.1 Å². The van der Waals surface area contributed by atoms with Crippen molar-refractivity contribution in [3.05, 3.63) is 30.6 Å². The van der Waals surface area contributed by atoms with Gasteiger partial charge in [0.05, 0.1) is 0 Å². The number of imidazole rings is 1. The van der Waals surface area contributed by atoms with Crippen molar-refractivity contribution >= 4 is 11.7 Å². The molecule has 1 N–H and O–H groups in total. The van der Waals surface area contributed by atoms with E-state index in [0.717, 1.165) is 43.5 Å². The molecule has 1 saturated carbocycles. The lowest BCUT2D eigenvalue weighted by Gasteiger charge is -2.31. The smallest absolute Gasteiger partial charge is 0.271 e. The first-order chi connectivity index (χ1) is 11.7. The molecule has 4 rings (SSSR count). The molecule has 2 aromatic heterocycles. The van der Waals surface area contributed by atoms with Crippen molar-refractivity contribution < 1.29 is 4.79 Å². The Kier molecular flexibility index (Phi) is 3.92. The number of piperidine rings is 1. The zero-order chi connectivity index (χ0) is 16.5. The Balaban J connectivity index is 1.50. The third-order valence-electron chi connectivity index (χ3n) is 4.74. The van der Waals surface area contributed by atoms with Gasteiger partial charge >= 0.3 is 0 Å². The number of hydrogen-bond donors (Lipinski definition) is 1. The quantitative estimate of drug-likeness (QED) is 0.927. The molecule has 0 unspecified atom stereocenters. The fourth-order valence-corrected chi connectivity index (χ4v) is 2.94. The van der Waals surface area contributed by atoms with Crippen LogP contribution in [0.25, 0.3) is 5.82 Å². The van der Waals surface area contributed by atoms with E-state index in [9.17, 15) is 4.79 Å². The predicted molar refractivity (Wildman–Crippen MR) is 90.3 cm³/mol. The summed E-state index contributed by atoms with van der Waals surface area (Å²) in [6, 6.07) is 2.29. The number of amides is 1. The van der Waals surface area contributed by atoms with Crippen LogP contribution in [-0.4, -0.2) is 44.6 Å². The van der Waals surface area contributed by atoms with Crippen LogP contribution in [0.5, 0.6) is 0 Å². The maximum atomic E-state index is 12.1. The SMILES string of the molecule is CC1CCN(c2cc(-n3cnc(C(=O)NC4CC4)c3)ncn2)CC1. The van der Waals surface area contributed by atoms with Gasteiger partial charge in [0.15, 0.2) is 0 Å². The fourth-order valence-electron chi connectivity index (χ4n) is 2.94. The first kappa shape index (κ1) is 15.1. The van der Waals surface area contributed by atoms with E-state index >= 15 is 0 Å². The van der Waals surface area contributed by atoms with Crippen LogP contribution < -0.4 is 10.2 Å². The van der Waals surface area contributed by atoms with Crippen LogP contribution in [0.4, 0.5) is 5.82 Å². The fraction of sp³-hybridized carbons (Fsp3) is 0.529. The number of nitrogens with one attached hydrogen (secondary N) is 1. The molecule has 126 valence electrons. The zero-order valence-electron chi connectivity index (χ0n) is 13.9. The van der Waals surface area contributed by atoms with Gasteiger partial charge in [0, 0.05) is 31.4 Å². The van der Waals surface area contributed by atoms with Gasteiger partial charge in [-0.2, -0.15) is 0 Å². The van der Waals surface area contributed by atoms with Gasteiger partial charge in [-0.05, 0) is 31.6 Å². The molecule has 7 nitrogen and oxygen atoms in total. The van der Waals surface area contributed by atoms with Gasteiger partial charge in [0.25, 0.3) is 5.91 Å². The van der Waals surface area contributed by atoms with Gasteiger partial charge in [-0.25, -0.2) is 15.0 Å². The van der Waals surface area contributed by atoms with Crippen LogP contribution in [0.15, 0.2) is 24.9 Å². The highest BCUT2D eigenvalue weighted by Gasteiger charge is 2.25. The van der Waals surface area contributed by atoms with Crippen molar-refractivity contribution in [2.75, 3.05) is 18.0 Å². The minimum absolute atomic E-state index is 0.115. The summed E-state index contributed by atoms with van der Waals surface area (Å²) in [6.45, 7) is 4.34.